The summed E-state index contributed by atoms with van der Waals surface area (Å²) < 4.78 is 5.19. The fourth-order valence-electron chi connectivity index (χ4n) is 1.60. The zero-order chi connectivity index (χ0) is 13.9. The molecule has 0 fully saturated rings. The van der Waals surface area contributed by atoms with Crippen LogP contribution >= 0.6 is 11.3 Å². The summed E-state index contributed by atoms with van der Waals surface area (Å²) in [5.74, 6) is -0.154. The average Bonchev–Trinajstić information content (AvgIpc) is 2.93. The van der Waals surface area contributed by atoms with Crippen molar-refractivity contribution in [2.45, 2.75) is 19.4 Å². The molecule has 2 aromatic rings. The Labute approximate surface area is 117 Å². The number of para-hydroxylation sites is 1. The van der Waals surface area contributed by atoms with Crippen molar-refractivity contribution >= 4 is 22.9 Å². The number of methoxy groups -OCH3 is 1. The van der Waals surface area contributed by atoms with Crippen LogP contribution in [0.2, 0.25) is 0 Å². The van der Waals surface area contributed by atoms with Gasteiger partial charge in [0.1, 0.15) is 5.60 Å². The standard InChI is InChI=1S/C15H17NO2S/c1-15(2,18-3)14(17)16-12-8-5-4-7-11(12)13-9-6-10-19-13/h4-10H,1-3H3,(H,16,17). The van der Waals surface area contributed by atoms with Gasteiger partial charge in [0.25, 0.3) is 5.91 Å². The third-order valence-corrected chi connectivity index (χ3v) is 3.92. The first kappa shape index (κ1) is 13.8. The maximum atomic E-state index is 12.2. The first-order valence-electron chi connectivity index (χ1n) is 6.04. The van der Waals surface area contributed by atoms with Crippen LogP contribution in [0.1, 0.15) is 13.8 Å². The number of carbonyl (C=O) groups excluding carboxylic acids is 1. The van der Waals surface area contributed by atoms with Crippen molar-refractivity contribution in [3.63, 3.8) is 0 Å². The molecule has 0 spiro atoms. The zero-order valence-corrected chi connectivity index (χ0v) is 12.1. The molecule has 4 heteroatoms. The average molecular weight is 275 g/mol. The Morgan fingerprint density at radius 1 is 1.21 bits per heavy atom. The highest BCUT2D eigenvalue weighted by Crippen LogP contribution is 2.31. The Morgan fingerprint density at radius 3 is 2.58 bits per heavy atom. The van der Waals surface area contributed by atoms with E-state index in [-0.39, 0.29) is 5.91 Å². The summed E-state index contributed by atoms with van der Waals surface area (Å²) in [7, 11) is 1.53. The molecule has 2 rings (SSSR count). The molecule has 19 heavy (non-hydrogen) atoms. The van der Waals surface area contributed by atoms with Gasteiger partial charge in [0.15, 0.2) is 0 Å². The third kappa shape index (κ3) is 3.03. The Hall–Kier alpha value is -1.65. The molecule has 1 aromatic heterocycles. The summed E-state index contributed by atoms with van der Waals surface area (Å²) in [4.78, 5) is 13.3. The largest absolute Gasteiger partial charge is 0.369 e. The Morgan fingerprint density at radius 2 is 1.95 bits per heavy atom. The van der Waals surface area contributed by atoms with Crippen molar-refractivity contribution < 1.29 is 9.53 Å². The smallest absolute Gasteiger partial charge is 0.256 e. The molecule has 0 aliphatic rings. The zero-order valence-electron chi connectivity index (χ0n) is 11.3. The molecular weight excluding hydrogens is 258 g/mol. The normalized spacial score (nSPS) is 11.3. The van der Waals surface area contributed by atoms with E-state index in [4.69, 9.17) is 4.74 Å². The number of hydrogen-bond acceptors (Lipinski definition) is 3. The topological polar surface area (TPSA) is 38.3 Å². The summed E-state index contributed by atoms with van der Waals surface area (Å²) in [6, 6.07) is 11.8. The quantitative estimate of drug-likeness (QED) is 0.922. The summed E-state index contributed by atoms with van der Waals surface area (Å²) >= 11 is 1.65. The van der Waals surface area contributed by atoms with Crippen molar-refractivity contribution in [3.05, 3.63) is 41.8 Å². The van der Waals surface area contributed by atoms with E-state index < -0.39 is 5.60 Å². The molecule has 0 aliphatic heterocycles. The second kappa shape index (κ2) is 5.55. The lowest BCUT2D eigenvalue weighted by Crippen LogP contribution is -2.38. The molecule has 3 nitrogen and oxygen atoms in total. The summed E-state index contributed by atoms with van der Waals surface area (Å²) in [6.07, 6.45) is 0. The van der Waals surface area contributed by atoms with Crippen molar-refractivity contribution in [2.24, 2.45) is 0 Å². The molecule has 0 saturated heterocycles. The molecule has 0 atom stereocenters. The van der Waals surface area contributed by atoms with E-state index in [0.29, 0.717) is 0 Å². The van der Waals surface area contributed by atoms with Crippen LogP contribution in [0.15, 0.2) is 41.8 Å². The molecule has 1 aromatic carbocycles. The van der Waals surface area contributed by atoms with Crippen molar-refractivity contribution in [1.29, 1.82) is 0 Å². The fourth-order valence-corrected chi connectivity index (χ4v) is 2.37. The number of amides is 1. The van der Waals surface area contributed by atoms with E-state index in [0.717, 1.165) is 16.1 Å². The predicted octanol–water partition coefficient (Wildman–Crippen LogP) is 3.78. The van der Waals surface area contributed by atoms with E-state index >= 15 is 0 Å². The van der Waals surface area contributed by atoms with Gasteiger partial charge in [-0.05, 0) is 31.4 Å². The number of ether oxygens (including phenoxy) is 1. The van der Waals surface area contributed by atoms with Crippen LogP contribution in [-0.2, 0) is 9.53 Å². The van der Waals surface area contributed by atoms with E-state index in [1.54, 1.807) is 25.2 Å². The van der Waals surface area contributed by atoms with Gasteiger partial charge in [0, 0.05) is 23.2 Å². The lowest BCUT2D eigenvalue weighted by Gasteiger charge is -2.22. The van der Waals surface area contributed by atoms with Crippen LogP contribution in [0, 0.1) is 0 Å². The molecule has 1 amide bonds. The monoisotopic (exact) mass is 275 g/mol. The van der Waals surface area contributed by atoms with Crippen molar-refractivity contribution in [1.82, 2.24) is 0 Å². The van der Waals surface area contributed by atoms with Gasteiger partial charge in [0.05, 0.1) is 0 Å². The van der Waals surface area contributed by atoms with E-state index in [1.165, 1.54) is 7.11 Å². The van der Waals surface area contributed by atoms with Crippen LogP contribution in [-0.4, -0.2) is 18.6 Å². The second-order valence-corrected chi connectivity index (χ2v) is 5.64. The van der Waals surface area contributed by atoms with Gasteiger partial charge in [-0.25, -0.2) is 0 Å². The maximum Gasteiger partial charge on any atom is 0.256 e. The highest BCUT2D eigenvalue weighted by Gasteiger charge is 2.27. The molecule has 0 saturated carbocycles. The first-order chi connectivity index (χ1) is 9.04. The molecule has 0 bridgehead atoms. The summed E-state index contributed by atoms with van der Waals surface area (Å²) in [5.41, 5.74) is 0.987. The van der Waals surface area contributed by atoms with Gasteiger partial charge < -0.3 is 10.1 Å². The van der Waals surface area contributed by atoms with Gasteiger partial charge in [-0.15, -0.1) is 11.3 Å². The van der Waals surface area contributed by atoms with Crippen molar-refractivity contribution in [3.8, 4) is 10.4 Å². The minimum Gasteiger partial charge on any atom is -0.369 e. The SMILES string of the molecule is COC(C)(C)C(=O)Nc1ccccc1-c1cccs1. The van der Waals surface area contributed by atoms with E-state index in [9.17, 15) is 4.79 Å². The molecule has 0 aliphatic carbocycles. The number of thiophene rings is 1. The number of benzene rings is 1. The number of anilines is 1. The maximum absolute atomic E-state index is 12.2. The third-order valence-electron chi connectivity index (χ3n) is 3.02. The number of carbonyl (C=O) groups is 1. The van der Waals surface area contributed by atoms with E-state index in [1.807, 2.05) is 41.8 Å². The van der Waals surface area contributed by atoms with Crippen LogP contribution < -0.4 is 5.32 Å². The highest BCUT2D eigenvalue weighted by molar-refractivity contribution is 7.13. The summed E-state index contributed by atoms with van der Waals surface area (Å²) in [6.45, 7) is 3.49. The second-order valence-electron chi connectivity index (χ2n) is 4.69. The lowest BCUT2D eigenvalue weighted by atomic mass is 10.1. The predicted molar refractivity (Wildman–Crippen MR) is 79.5 cm³/mol. The minimum atomic E-state index is -0.845. The van der Waals surface area contributed by atoms with Crippen LogP contribution in [0.4, 0.5) is 5.69 Å². The van der Waals surface area contributed by atoms with Gasteiger partial charge >= 0.3 is 0 Å². The van der Waals surface area contributed by atoms with Crippen LogP contribution in [0.3, 0.4) is 0 Å². The van der Waals surface area contributed by atoms with Gasteiger partial charge in [-0.1, -0.05) is 24.3 Å². The Bertz CT molecular complexity index is 561. The highest BCUT2D eigenvalue weighted by atomic mass is 32.1. The van der Waals surface area contributed by atoms with Gasteiger partial charge in [0.2, 0.25) is 0 Å². The lowest BCUT2D eigenvalue weighted by molar-refractivity contribution is -0.133. The number of nitrogens with one attached hydrogen (secondary N) is 1. The van der Waals surface area contributed by atoms with Gasteiger partial charge in [-0.3, -0.25) is 4.79 Å². The molecule has 1 N–H and O–H groups in total. The van der Waals surface area contributed by atoms with Crippen LogP contribution in [0.5, 0.6) is 0 Å². The Kier molecular flexibility index (Phi) is 4.02. The Balaban J connectivity index is 2.29. The minimum absolute atomic E-state index is 0.154. The summed E-state index contributed by atoms with van der Waals surface area (Å²) in [5, 5.41) is 4.95. The fraction of sp³-hybridized carbons (Fsp3) is 0.267. The molecule has 0 radical (unpaired) electrons. The van der Waals surface area contributed by atoms with Crippen LogP contribution in [0.25, 0.3) is 10.4 Å². The molecule has 1 heterocycles. The molecule has 100 valence electrons. The molecule has 0 unspecified atom stereocenters. The number of rotatable bonds is 4. The van der Waals surface area contributed by atoms with Crippen molar-refractivity contribution in [2.75, 3.05) is 12.4 Å². The molecular formula is C15H17NO2S. The van der Waals surface area contributed by atoms with Gasteiger partial charge in [-0.2, -0.15) is 0 Å². The number of hydrogen-bond donors (Lipinski definition) is 1. The van der Waals surface area contributed by atoms with E-state index in [2.05, 4.69) is 5.32 Å². The first-order valence-corrected chi connectivity index (χ1v) is 6.92.